The Morgan fingerprint density at radius 2 is 2.00 bits per heavy atom. The van der Waals surface area contributed by atoms with Gasteiger partial charge in [-0.25, -0.2) is 4.79 Å². The van der Waals surface area contributed by atoms with Crippen molar-refractivity contribution in [3.63, 3.8) is 0 Å². The fourth-order valence-corrected chi connectivity index (χ4v) is 2.00. The molecule has 1 saturated carbocycles. The molecule has 1 aliphatic carbocycles. The Labute approximate surface area is 90.6 Å². The SMILES string of the molecule is O=C1OC2(CCCCC2)OC=C1I. The molecule has 0 bridgehead atoms. The first-order chi connectivity index (χ1) is 6.22. The van der Waals surface area contributed by atoms with Crippen molar-refractivity contribution in [2.24, 2.45) is 0 Å². The number of esters is 1. The highest BCUT2D eigenvalue weighted by atomic mass is 127. The summed E-state index contributed by atoms with van der Waals surface area (Å²) in [4.78, 5) is 11.3. The van der Waals surface area contributed by atoms with E-state index in [9.17, 15) is 4.79 Å². The molecule has 0 N–H and O–H groups in total. The van der Waals surface area contributed by atoms with E-state index < -0.39 is 5.79 Å². The van der Waals surface area contributed by atoms with E-state index in [4.69, 9.17) is 9.47 Å². The van der Waals surface area contributed by atoms with Gasteiger partial charge in [0.1, 0.15) is 9.84 Å². The molecule has 1 spiro atoms. The maximum Gasteiger partial charge on any atom is 0.350 e. The minimum absolute atomic E-state index is 0.242. The average molecular weight is 294 g/mol. The van der Waals surface area contributed by atoms with Gasteiger partial charge in [0.15, 0.2) is 0 Å². The average Bonchev–Trinajstić information content (AvgIpc) is 2.14. The number of hydrogen-bond acceptors (Lipinski definition) is 3. The number of rotatable bonds is 0. The van der Waals surface area contributed by atoms with Gasteiger partial charge in [-0.15, -0.1) is 0 Å². The maximum absolute atomic E-state index is 11.3. The van der Waals surface area contributed by atoms with Gasteiger partial charge in [-0.2, -0.15) is 0 Å². The van der Waals surface area contributed by atoms with E-state index in [1.807, 2.05) is 22.6 Å². The number of carbonyl (C=O) groups is 1. The molecule has 1 heterocycles. The minimum atomic E-state index is -0.621. The topological polar surface area (TPSA) is 35.5 Å². The fourth-order valence-electron chi connectivity index (χ4n) is 1.76. The van der Waals surface area contributed by atoms with Crippen molar-refractivity contribution in [1.82, 2.24) is 0 Å². The van der Waals surface area contributed by atoms with Gasteiger partial charge in [-0.3, -0.25) is 0 Å². The van der Waals surface area contributed by atoms with Crippen LogP contribution in [-0.4, -0.2) is 11.8 Å². The third kappa shape index (κ3) is 1.82. The molecule has 0 radical (unpaired) electrons. The molecule has 0 aromatic heterocycles. The second kappa shape index (κ2) is 3.48. The Balaban J connectivity index is 2.13. The minimum Gasteiger partial charge on any atom is -0.458 e. The Bertz CT molecular complexity index is 254. The first-order valence-electron chi connectivity index (χ1n) is 4.49. The Morgan fingerprint density at radius 3 is 2.62 bits per heavy atom. The van der Waals surface area contributed by atoms with Gasteiger partial charge in [-0.05, 0) is 35.4 Å². The van der Waals surface area contributed by atoms with Crippen molar-refractivity contribution in [3.8, 4) is 0 Å². The molecular weight excluding hydrogens is 283 g/mol. The Hall–Kier alpha value is -0.260. The predicted octanol–water partition coefficient (Wildman–Crippen LogP) is 2.50. The van der Waals surface area contributed by atoms with Crippen molar-refractivity contribution in [2.45, 2.75) is 37.9 Å². The van der Waals surface area contributed by atoms with E-state index in [-0.39, 0.29) is 5.97 Å². The molecule has 2 rings (SSSR count). The highest BCUT2D eigenvalue weighted by Gasteiger charge is 2.40. The van der Waals surface area contributed by atoms with Gasteiger partial charge in [0.2, 0.25) is 0 Å². The molecular formula is C9H11IO3. The largest absolute Gasteiger partial charge is 0.458 e. The summed E-state index contributed by atoms with van der Waals surface area (Å²) in [6, 6.07) is 0. The van der Waals surface area contributed by atoms with Crippen LogP contribution in [0.1, 0.15) is 32.1 Å². The molecule has 0 aromatic carbocycles. The summed E-state index contributed by atoms with van der Waals surface area (Å²) < 4.78 is 11.3. The van der Waals surface area contributed by atoms with Crippen molar-refractivity contribution >= 4 is 28.6 Å². The summed E-state index contributed by atoms with van der Waals surface area (Å²) in [7, 11) is 0. The van der Waals surface area contributed by atoms with Crippen LogP contribution in [0.5, 0.6) is 0 Å². The van der Waals surface area contributed by atoms with Gasteiger partial charge in [0.05, 0.1) is 0 Å². The lowest BCUT2D eigenvalue weighted by Crippen LogP contribution is -2.41. The summed E-state index contributed by atoms with van der Waals surface area (Å²) in [5.41, 5.74) is 0. The first-order valence-corrected chi connectivity index (χ1v) is 5.57. The van der Waals surface area contributed by atoms with E-state index in [1.165, 1.54) is 12.7 Å². The first kappa shape index (κ1) is 9.30. The van der Waals surface area contributed by atoms with Crippen molar-refractivity contribution in [2.75, 3.05) is 0 Å². The fraction of sp³-hybridized carbons (Fsp3) is 0.667. The van der Waals surface area contributed by atoms with Crippen LogP contribution >= 0.6 is 22.6 Å². The highest BCUT2D eigenvalue weighted by molar-refractivity contribution is 14.1. The van der Waals surface area contributed by atoms with Crippen molar-refractivity contribution in [1.29, 1.82) is 0 Å². The van der Waals surface area contributed by atoms with Gasteiger partial charge in [0.25, 0.3) is 5.79 Å². The molecule has 0 unspecified atom stereocenters. The second-order valence-corrected chi connectivity index (χ2v) is 4.61. The van der Waals surface area contributed by atoms with Crippen LogP contribution in [0.3, 0.4) is 0 Å². The lowest BCUT2D eigenvalue weighted by molar-refractivity contribution is -0.226. The zero-order valence-corrected chi connectivity index (χ0v) is 9.37. The number of carbonyl (C=O) groups excluding carboxylic acids is 1. The standard InChI is InChI=1S/C9H11IO3/c10-7-6-12-9(13-8(7)11)4-2-1-3-5-9/h6H,1-5H2. The summed E-state index contributed by atoms with van der Waals surface area (Å²) >= 11 is 1.92. The van der Waals surface area contributed by atoms with Gasteiger partial charge < -0.3 is 9.47 Å². The lowest BCUT2D eigenvalue weighted by atomic mass is 9.94. The van der Waals surface area contributed by atoms with Crippen LogP contribution in [-0.2, 0) is 14.3 Å². The molecule has 0 aromatic rings. The summed E-state index contributed by atoms with van der Waals surface area (Å²) in [6.45, 7) is 0. The molecule has 2 aliphatic rings. The monoisotopic (exact) mass is 294 g/mol. The third-order valence-corrected chi connectivity index (χ3v) is 3.16. The summed E-state index contributed by atoms with van der Waals surface area (Å²) in [5, 5.41) is 0. The summed E-state index contributed by atoms with van der Waals surface area (Å²) in [6.07, 6.45) is 6.56. The molecule has 72 valence electrons. The normalized spacial score (nSPS) is 26.2. The van der Waals surface area contributed by atoms with Gasteiger partial charge in [0, 0.05) is 12.8 Å². The molecule has 0 amide bonds. The maximum atomic E-state index is 11.3. The predicted molar refractivity (Wildman–Crippen MR) is 55.1 cm³/mol. The van der Waals surface area contributed by atoms with Crippen molar-refractivity contribution < 1.29 is 14.3 Å². The van der Waals surface area contributed by atoms with E-state index in [2.05, 4.69) is 0 Å². The van der Waals surface area contributed by atoms with Crippen LogP contribution in [0.15, 0.2) is 9.84 Å². The van der Waals surface area contributed by atoms with E-state index >= 15 is 0 Å². The molecule has 1 fully saturated rings. The van der Waals surface area contributed by atoms with Gasteiger partial charge >= 0.3 is 5.97 Å². The molecule has 0 atom stereocenters. The van der Waals surface area contributed by atoms with E-state index in [0.717, 1.165) is 25.7 Å². The second-order valence-electron chi connectivity index (χ2n) is 3.44. The van der Waals surface area contributed by atoms with Crippen LogP contribution in [0.2, 0.25) is 0 Å². The summed E-state index contributed by atoms with van der Waals surface area (Å²) in [5.74, 6) is -0.863. The van der Waals surface area contributed by atoms with Crippen LogP contribution < -0.4 is 0 Å². The number of hydrogen-bond donors (Lipinski definition) is 0. The molecule has 1 aliphatic heterocycles. The zero-order valence-electron chi connectivity index (χ0n) is 7.22. The zero-order chi connectivity index (χ0) is 9.31. The van der Waals surface area contributed by atoms with Gasteiger partial charge in [-0.1, -0.05) is 6.42 Å². The van der Waals surface area contributed by atoms with Crippen LogP contribution in [0, 0.1) is 0 Å². The van der Waals surface area contributed by atoms with Crippen molar-refractivity contribution in [3.05, 3.63) is 9.84 Å². The molecule has 3 nitrogen and oxygen atoms in total. The van der Waals surface area contributed by atoms with E-state index in [0.29, 0.717) is 3.58 Å². The number of halogens is 1. The molecule has 13 heavy (non-hydrogen) atoms. The van der Waals surface area contributed by atoms with Crippen LogP contribution in [0.4, 0.5) is 0 Å². The van der Waals surface area contributed by atoms with Crippen LogP contribution in [0.25, 0.3) is 0 Å². The molecule has 4 heteroatoms. The third-order valence-electron chi connectivity index (χ3n) is 2.47. The van der Waals surface area contributed by atoms with E-state index in [1.54, 1.807) is 0 Å². The highest BCUT2D eigenvalue weighted by Crippen LogP contribution is 2.37. The quantitative estimate of drug-likeness (QED) is 0.508. The lowest BCUT2D eigenvalue weighted by Gasteiger charge is -2.37. The number of ether oxygens (including phenoxy) is 2. The molecule has 0 saturated heterocycles. The Kier molecular flexibility index (Phi) is 2.49. The smallest absolute Gasteiger partial charge is 0.350 e. The Morgan fingerprint density at radius 1 is 1.31 bits per heavy atom.